The van der Waals surface area contributed by atoms with Gasteiger partial charge in [0.1, 0.15) is 73.9 Å². The molecular formula is C42H18B8O. The average molecular weight is 625 g/mol. The lowest BCUT2D eigenvalue weighted by atomic mass is 9.59. The first kappa shape index (κ1) is 31.8. The molecule has 0 aliphatic carbocycles. The highest BCUT2D eigenvalue weighted by Gasteiger charge is 2.25. The number of para-hydroxylation sites is 1. The van der Waals surface area contributed by atoms with Gasteiger partial charge in [0.15, 0.2) is 0 Å². The Hall–Kier alpha value is -5.14. The zero-order valence-corrected chi connectivity index (χ0v) is 27.4. The fourth-order valence-electron chi connectivity index (χ4n) is 7.60. The molecule has 0 bridgehead atoms. The third kappa shape index (κ3) is 4.67. The SMILES string of the molecule is [B]c1c([B])c([B])c2c(-c3ccc4c(c3)oc3ccccc34)c3c([B])c([B])c([B])c([B])c3c(-c3ccc(-c4ccc5ccccc5c4)cc3)c2c1[B]. The molecule has 1 aromatic heterocycles. The first-order chi connectivity index (χ1) is 24.6. The molecule has 0 aliphatic heterocycles. The molecule has 0 aliphatic rings. The van der Waals surface area contributed by atoms with Crippen LogP contribution in [0, 0.1) is 0 Å². The van der Waals surface area contributed by atoms with Gasteiger partial charge in [0.25, 0.3) is 0 Å². The van der Waals surface area contributed by atoms with Crippen LogP contribution in [0.4, 0.5) is 0 Å². The zero-order chi connectivity index (χ0) is 35.3. The Morgan fingerprint density at radius 1 is 0.314 bits per heavy atom. The predicted octanol–water partition coefficient (Wildman–Crippen LogP) is 2.40. The fraction of sp³-hybridized carbons (Fsp3) is 0. The summed E-state index contributed by atoms with van der Waals surface area (Å²) < 4.78 is 6.30. The second kappa shape index (κ2) is 11.7. The van der Waals surface area contributed by atoms with Crippen molar-refractivity contribution in [2.75, 3.05) is 0 Å². The summed E-state index contributed by atoms with van der Waals surface area (Å²) in [7, 11) is 54.0. The molecule has 9 aromatic rings. The van der Waals surface area contributed by atoms with Crippen molar-refractivity contribution in [2.24, 2.45) is 0 Å². The molecule has 0 spiro atoms. The summed E-state index contributed by atoms with van der Waals surface area (Å²) in [5, 5.41) is 6.54. The Balaban J connectivity index is 1.40. The van der Waals surface area contributed by atoms with E-state index in [1.165, 1.54) is 5.39 Å². The lowest BCUT2D eigenvalue weighted by Crippen LogP contribution is -2.50. The molecule has 0 amide bonds. The molecule has 8 aromatic carbocycles. The summed E-state index contributed by atoms with van der Waals surface area (Å²) in [6.45, 7) is 0. The molecule has 1 nitrogen and oxygen atoms in total. The minimum Gasteiger partial charge on any atom is -0.456 e. The molecule has 0 N–H and O–H groups in total. The van der Waals surface area contributed by atoms with Gasteiger partial charge in [-0.2, -0.15) is 0 Å². The largest absolute Gasteiger partial charge is 0.456 e. The molecule has 0 atom stereocenters. The molecule has 0 unspecified atom stereocenters. The number of hydrogen-bond donors (Lipinski definition) is 0. The van der Waals surface area contributed by atoms with Gasteiger partial charge in [-0.25, -0.2) is 0 Å². The van der Waals surface area contributed by atoms with Crippen LogP contribution in [0.15, 0.2) is 114 Å². The van der Waals surface area contributed by atoms with Gasteiger partial charge < -0.3 is 4.42 Å². The second-order valence-corrected chi connectivity index (χ2v) is 13.0. The highest BCUT2D eigenvalue weighted by molar-refractivity contribution is 6.71. The van der Waals surface area contributed by atoms with Gasteiger partial charge in [0.05, 0.1) is 0 Å². The Morgan fingerprint density at radius 3 is 1.37 bits per heavy atom. The van der Waals surface area contributed by atoms with E-state index in [9.17, 15) is 0 Å². The number of hydrogen-bond acceptors (Lipinski definition) is 1. The molecular weight excluding hydrogens is 607 g/mol. The van der Waals surface area contributed by atoms with Gasteiger partial charge in [-0.1, -0.05) is 107 Å². The van der Waals surface area contributed by atoms with E-state index < -0.39 is 0 Å². The summed E-state index contributed by atoms with van der Waals surface area (Å²) in [5.41, 5.74) is 8.04. The lowest BCUT2D eigenvalue weighted by Gasteiger charge is -2.28. The van der Waals surface area contributed by atoms with Crippen LogP contribution >= 0.6 is 0 Å². The van der Waals surface area contributed by atoms with Crippen LogP contribution in [-0.2, 0) is 0 Å². The van der Waals surface area contributed by atoms with E-state index in [1.54, 1.807) is 0 Å². The molecule has 51 heavy (non-hydrogen) atoms. The normalized spacial score (nSPS) is 11.8. The van der Waals surface area contributed by atoms with Gasteiger partial charge in [0, 0.05) is 10.8 Å². The third-order valence-corrected chi connectivity index (χ3v) is 10.2. The fourth-order valence-corrected chi connectivity index (χ4v) is 7.60. The standard InChI is InChI=1S/C42H18B8O/c43-35-31-29(21-12-9-20(10-13-21)23-14-11-19-5-1-2-6-22(19)17-23)32-34(38(46)42(50)40(48)36(32)44)30(33(31)37(45)41(49)39(35)47)24-15-16-26-25-7-3-4-8-27(25)51-28(26)18-24/h1-18H. The highest BCUT2D eigenvalue weighted by Crippen LogP contribution is 2.42. The van der Waals surface area contributed by atoms with E-state index >= 15 is 0 Å². The van der Waals surface area contributed by atoms with Crippen molar-refractivity contribution >= 4 is 161 Å². The van der Waals surface area contributed by atoms with Crippen LogP contribution in [0.25, 0.3) is 87.6 Å². The quantitative estimate of drug-likeness (QED) is 0.218. The molecule has 0 saturated heterocycles. The topological polar surface area (TPSA) is 13.1 Å². The molecule has 16 radical (unpaired) electrons. The van der Waals surface area contributed by atoms with Crippen molar-refractivity contribution in [1.29, 1.82) is 0 Å². The molecule has 0 saturated carbocycles. The Morgan fingerprint density at radius 2 is 0.765 bits per heavy atom. The number of rotatable bonds is 3. The van der Waals surface area contributed by atoms with Crippen molar-refractivity contribution in [1.82, 2.24) is 0 Å². The molecule has 9 rings (SSSR count). The molecule has 216 valence electrons. The van der Waals surface area contributed by atoms with Crippen LogP contribution in [-0.4, -0.2) is 62.8 Å². The van der Waals surface area contributed by atoms with E-state index in [0.29, 0.717) is 38.3 Å². The van der Waals surface area contributed by atoms with Gasteiger partial charge in [0.2, 0.25) is 0 Å². The minimum absolute atomic E-state index is 0.165. The maximum atomic E-state index is 6.93. The van der Waals surface area contributed by atoms with Gasteiger partial charge in [-0.05, 0) is 90.0 Å². The Kier molecular flexibility index (Phi) is 7.30. The van der Waals surface area contributed by atoms with Crippen molar-refractivity contribution in [2.45, 2.75) is 0 Å². The van der Waals surface area contributed by atoms with Crippen LogP contribution in [0.5, 0.6) is 0 Å². The first-order valence-corrected chi connectivity index (χ1v) is 16.4. The number of furan rings is 1. The van der Waals surface area contributed by atoms with E-state index in [-0.39, 0.29) is 43.7 Å². The minimum atomic E-state index is 0.165. The van der Waals surface area contributed by atoms with Crippen molar-refractivity contribution < 1.29 is 4.42 Å². The Bertz CT molecular complexity index is 2860. The van der Waals surface area contributed by atoms with Crippen molar-refractivity contribution in [3.8, 4) is 33.4 Å². The van der Waals surface area contributed by atoms with Crippen molar-refractivity contribution in [3.05, 3.63) is 109 Å². The van der Waals surface area contributed by atoms with E-state index in [4.69, 9.17) is 67.2 Å². The molecule has 0 fully saturated rings. The smallest absolute Gasteiger partial charge is 0.136 e. The predicted molar refractivity (Wildman–Crippen MR) is 226 cm³/mol. The highest BCUT2D eigenvalue weighted by atomic mass is 16.3. The van der Waals surface area contributed by atoms with Crippen LogP contribution in [0.1, 0.15) is 0 Å². The van der Waals surface area contributed by atoms with Crippen LogP contribution in [0.2, 0.25) is 0 Å². The maximum absolute atomic E-state index is 6.93. The average Bonchev–Trinajstić information content (AvgIpc) is 3.54. The lowest BCUT2D eigenvalue weighted by molar-refractivity contribution is 0.669. The molecule has 9 heteroatoms. The summed E-state index contributed by atoms with van der Waals surface area (Å²) >= 11 is 0. The third-order valence-electron chi connectivity index (χ3n) is 10.2. The Labute approximate surface area is 306 Å². The van der Waals surface area contributed by atoms with E-state index in [1.807, 2.05) is 66.7 Å². The van der Waals surface area contributed by atoms with Crippen LogP contribution in [0.3, 0.4) is 0 Å². The zero-order valence-electron chi connectivity index (χ0n) is 27.4. The number of fused-ring (bicyclic) bond motifs is 6. The van der Waals surface area contributed by atoms with Gasteiger partial charge >= 0.3 is 0 Å². The first-order valence-electron chi connectivity index (χ1n) is 16.4. The summed E-state index contributed by atoms with van der Waals surface area (Å²) in [6, 6.07) is 36.6. The number of benzene rings is 8. The van der Waals surface area contributed by atoms with E-state index in [2.05, 4.69) is 42.5 Å². The summed E-state index contributed by atoms with van der Waals surface area (Å²) in [4.78, 5) is 0. The summed E-state index contributed by atoms with van der Waals surface area (Å²) in [5.74, 6) is 0. The second-order valence-electron chi connectivity index (χ2n) is 13.0. The van der Waals surface area contributed by atoms with Gasteiger partial charge in [-0.15, -0.1) is 21.9 Å². The maximum Gasteiger partial charge on any atom is 0.136 e. The monoisotopic (exact) mass is 626 g/mol. The van der Waals surface area contributed by atoms with Crippen LogP contribution < -0.4 is 43.7 Å². The summed E-state index contributed by atoms with van der Waals surface area (Å²) in [6.07, 6.45) is 0. The molecule has 1 heterocycles. The van der Waals surface area contributed by atoms with Crippen molar-refractivity contribution in [3.63, 3.8) is 0 Å². The van der Waals surface area contributed by atoms with E-state index in [0.717, 1.165) is 44.0 Å². The van der Waals surface area contributed by atoms with Gasteiger partial charge in [-0.3, -0.25) is 0 Å².